The summed E-state index contributed by atoms with van der Waals surface area (Å²) in [6.07, 6.45) is -4.40. The molecule has 0 heterocycles. The molecule has 3 amide bonds. The third kappa shape index (κ3) is 8.72. The number of ether oxygens (including phenoxy) is 1. The van der Waals surface area contributed by atoms with Gasteiger partial charge in [0, 0.05) is 13.1 Å². The van der Waals surface area contributed by atoms with Gasteiger partial charge < -0.3 is 10.1 Å². The number of urea groups is 1. The molecule has 1 aromatic rings. The van der Waals surface area contributed by atoms with Crippen molar-refractivity contribution in [3.63, 3.8) is 0 Å². The number of hydrogen-bond acceptors (Lipinski definition) is 4. The van der Waals surface area contributed by atoms with Crippen LogP contribution in [0.2, 0.25) is 0 Å². The van der Waals surface area contributed by atoms with Crippen molar-refractivity contribution in [1.82, 2.24) is 15.5 Å². The normalized spacial score (nSPS) is 12.8. The van der Waals surface area contributed by atoms with Crippen LogP contribution in [0.4, 0.5) is 18.0 Å². The van der Waals surface area contributed by atoms with Gasteiger partial charge in [0.25, 0.3) is 0 Å². The van der Waals surface area contributed by atoms with Crippen LogP contribution in [0.1, 0.15) is 37.5 Å². The molecular formula is C20H30F3N3O3. The van der Waals surface area contributed by atoms with Crippen LogP contribution in [-0.2, 0) is 11.3 Å². The molecule has 0 saturated carbocycles. The topological polar surface area (TPSA) is 70.7 Å². The Hall–Kier alpha value is -2.29. The summed E-state index contributed by atoms with van der Waals surface area (Å²) in [6, 6.07) is 2.34. The number of carbonyl (C=O) groups excluding carboxylic acids is 2. The van der Waals surface area contributed by atoms with Gasteiger partial charge in [-0.2, -0.15) is 13.2 Å². The number of likely N-dealkylation sites (N-methyl/N-ethyl adjacent to an activating group) is 1. The van der Waals surface area contributed by atoms with E-state index < -0.39 is 30.8 Å². The van der Waals surface area contributed by atoms with E-state index in [1.165, 1.54) is 0 Å². The number of nitrogens with zero attached hydrogens (tertiary/aromatic N) is 1. The van der Waals surface area contributed by atoms with E-state index in [1.54, 1.807) is 44.9 Å². The molecular weight excluding hydrogens is 387 g/mol. The second kappa shape index (κ2) is 10.5. The SMILES string of the molecule is Cc1cc(CN(C)C(C)C(=O)NC(=O)NCC(C)C)cc(C)c1OCC(F)(F)F. The van der Waals surface area contributed by atoms with Gasteiger partial charge in [0.15, 0.2) is 6.61 Å². The molecule has 0 fully saturated rings. The lowest BCUT2D eigenvalue weighted by Crippen LogP contribution is -2.48. The Kier molecular flexibility index (Phi) is 8.94. The van der Waals surface area contributed by atoms with Gasteiger partial charge in [-0.1, -0.05) is 26.0 Å². The van der Waals surface area contributed by atoms with Crippen molar-refractivity contribution in [2.45, 2.75) is 53.4 Å². The molecule has 1 atom stereocenters. The number of alkyl halides is 3. The Morgan fingerprint density at radius 1 is 1.14 bits per heavy atom. The van der Waals surface area contributed by atoms with Crippen LogP contribution < -0.4 is 15.4 Å². The van der Waals surface area contributed by atoms with Crippen LogP contribution in [0.25, 0.3) is 0 Å². The molecule has 164 valence electrons. The quantitative estimate of drug-likeness (QED) is 0.679. The second-order valence-corrected chi connectivity index (χ2v) is 7.65. The fraction of sp³-hybridized carbons (Fsp3) is 0.600. The Labute approximate surface area is 169 Å². The van der Waals surface area contributed by atoms with Crippen LogP contribution in [0.15, 0.2) is 12.1 Å². The zero-order valence-electron chi connectivity index (χ0n) is 17.7. The van der Waals surface area contributed by atoms with E-state index in [2.05, 4.69) is 10.6 Å². The van der Waals surface area contributed by atoms with Crippen molar-refractivity contribution in [2.75, 3.05) is 20.2 Å². The number of aryl methyl sites for hydroxylation is 2. The average Bonchev–Trinajstić information content (AvgIpc) is 2.57. The summed E-state index contributed by atoms with van der Waals surface area (Å²) in [7, 11) is 1.73. The molecule has 0 aromatic heterocycles. The van der Waals surface area contributed by atoms with Crippen LogP contribution in [0.3, 0.4) is 0 Å². The number of carbonyl (C=O) groups is 2. The summed E-state index contributed by atoms with van der Waals surface area (Å²) in [5.74, 6) is 0.0409. The van der Waals surface area contributed by atoms with Crippen molar-refractivity contribution in [1.29, 1.82) is 0 Å². The maximum absolute atomic E-state index is 12.4. The number of imide groups is 1. The van der Waals surface area contributed by atoms with Crippen molar-refractivity contribution in [3.8, 4) is 5.75 Å². The molecule has 2 N–H and O–H groups in total. The highest BCUT2D eigenvalue weighted by Gasteiger charge is 2.29. The minimum absolute atomic E-state index is 0.210. The number of amides is 3. The first kappa shape index (κ1) is 24.7. The average molecular weight is 417 g/mol. The smallest absolute Gasteiger partial charge is 0.422 e. The molecule has 0 aliphatic carbocycles. The minimum Gasteiger partial charge on any atom is -0.484 e. The Morgan fingerprint density at radius 2 is 1.69 bits per heavy atom. The summed E-state index contributed by atoms with van der Waals surface area (Å²) >= 11 is 0. The first-order valence-corrected chi connectivity index (χ1v) is 9.38. The van der Waals surface area contributed by atoms with Crippen molar-refractivity contribution in [2.24, 2.45) is 5.92 Å². The lowest BCUT2D eigenvalue weighted by Gasteiger charge is -2.24. The summed E-state index contributed by atoms with van der Waals surface area (Å²) < 4.78 is 42.1. The van der Waals surface area contributed by atoms with Gasteiger partial charge in [0.1, 0.15) is 5.75 Å². The molecule has 0 saturated heterocycles. The monoisotopic (exact) mass is 417 g/mol. The molecule has 0 aliphatic heterocycles. The van der Waals surface area contributed by atoms with Crippen LogP contribution in [0, 0.1) is 19.8 Å². The van der Waals surface area contributed by atoms with E-state index in [4.69, 9.17) is 4.74 Å². The van der Waals surface area contributed by atoms with Gasteiger partial charge in [0.05, 0.1) is 6.04 Å². The van der Waals surface area contributed by atoms with E-state index in [0.29, 0.717) is 24.2 Å². The zero-order valence-corrected chi connectivity index (χ0v) is 17.7. The number of hydrogen-bond donors (Lipinski definition) is 2. The van der Waals surface area contributed by atoms with Gasteiger partial charge >= 0.3 is 12.2 Å². The molecule has 1 aromatic carbocycles. The van der Waals surface area contributed by atoms with Gasteiger partial charge in [-0.3, -0.25) is 15.0 Å². The maximum atomic E-state index is 12.4. The van der Waals surface area contributed by atoms with E-state index in [0.717, 1.165) is 5.56 Å². The lowest BCUT2D eigenvalue weighted by molar-refractivity contribution is -0.153. The number of benzene rings is 1. The fourth-order valence-corrected chi connectivity index (χ4v) is 2.70. The third-order valence-corrected chi connectivity index (χ3v) is 4.28. The largest absolute Gasteiger partial charge is 0.484 e. The molecule has 0 bridgehead atoms. The van der Waals surface area contributed by atoms with E-state index in [1.807, 2.05) is 13.8 Å². The predicted molar refractivity (Wildman–Crippen MR) is 105 cm³/mol. The van der Waals surface area contributed by atoms with Crippen molar-refractivity contribution < 1.29 is 27.5 Å². The van der Waals surface area contributed by atoms with Crippen LogP contribution >= 0.6 is 0 Å². The highest BCUT2D eigenvalue weighted by atomic mass is 19.4. The summed E-state index contributed by atoms with van der Waals surface area (Å²) in [4.78, 5) is 25.7. The molecule has 1 unspecified atom stereocenters. The highest BCUT2D eigenvalue weighted by Crippen LogP contribution is 2.27. The lowest BCUT2D eigenvalue weighted by atomic mass is 10.0. The highest BCUT2D eigenvalue weighted by molar-refractivity contribution is 5.96. The molecule has 0 radical (unpaired) electrons. The zero-order chi connectivity index (χ0) is 22.4. The van der Waals surface area contributed by atoms with E-state index in [9.17, 15) is 22.8 Å². The van der Waals surface area contributed by atoms with Gasteiger partial charge in [0.2, 0.25) is 5.91 Å². The van der Waals surface area contributed by atoms with Gasteiger partial charge in [-0.05, 0) is 50.4 Å². The van der Waals surface area contributed by atoms with Crippen LogP contribution in [0.5, 0.6) is 5.75 Å². The van der Waals surface area contributed by atoms with Crippen molar-refractivity contribution in [3.05, 3.63) is 28.8 Å². The molecule has 0 spiro atoms. The van der Waals surface area contributed by atoms with Gasteiger partial charge in [-0.25, -0.2) is 4.79 Å². The first-order valence-electron chi connectivity index (χ1n) is 9.38. The Balaban J connectivity index is 2.72. The predicted octanol–water partition coefficient (Wildman–Crippen LogP) is 3.55. The van der Waals surface area contributed by atoms with Crippen molar-refractivity contribution >= 4 is 11.9 Å². The third-order valence-electron chi connectivity index (χ3n) is 4.28. The van der Waals surface area contributed by atoms with Gasteiger partial charge in [-0.15, -0.1) is 0 Å². The molecule has 1 rings (SSSR count). The number of nitrogens with one attached hydrogen (secondary N) is 2. The Morgan fingerprint density at radius 3 is 2.17 bits per heavy atom. The van der Waals surface area contributed by atoms with E-state index >= 15 is 0 Å². The molecule has 0 aliphatic rings. The first-order chi connectivity index (χ1) is 13.3. The number of halogens is 3. The summed E-state index contributed by atoms with van der Waals surface area (Å²) in [5.41, 5.74) is 2.00. The fourth-order valence-electron chi connectivity index (χ4n) is 2.70. The number of rotatable bonds is 8. The second-order valence-electron chi connectivity index (χ2n) is 7.65. The minimum atomic E-state index is -4.40. The summed E-state index contributed by atoms with van der Waals surface area (Å²) in [5, 5.41) is 4.92. The van der Waals surface area contributed by atoms with E-state index in [-0.39, 0.29) is 11.7 Å². The standard InChI is InChI=1S/C20H30F3N3O3/c1-12(2)9-24-19(28)25-18(27)15(5)26(6)10-16-7-13(3)17(14(4)8-16)29-11-20(21,22)23/h7-8,12,15H,9-11H2,1-6H3,(H2,24,25,27,28). The molecule has 9 heteroatoms. The maximum Gasteiger partial charge on any atom is 0.422 e. The van der Waals surface area contributed by atoms with Crippen LogP contribution in [-0.4, -0.2) is 49.3 Å². The molecule has 6 nitrogen and oxygen atoms in total. The Bertz CT molecular complexity index is 698. The summed E-state index contributed by atoms with van der Waals surface area (Å²) in [6.45, 7) is 8.42. The molecule has 29 heavy (non-hydrogen) atoms.